The van der Waals surface area contributed by atoms with Gasteiger partial charge in [-0.15, -0.1) is 0 Å². The van der Waals surface area contributed by atoms with Crippen LogP contribution in [0.1, 0.15) is 5.56 Å². The second-order valence-corrected chi connectivity index (χ2v) is 4.71. The molecule has 0 fully saturated rings. The normalized spacial score (nSPS) is 10.1. The van der Waals surface area contributed by atoms with Crippen molar-refractivity contribution in [2.75, 3.05) is 10.8 Å². The zero-order chi connectivity index (χ0) is 12.3. The fourth-order valence-corrected chi connectivity index (χ4v) is 1.81. The van der Waals surface area contributed by atoms with Crippen molar-refractivity contribution < 1.29 is 5.21 Å². The zero-order valence-corrected chi connectivity index (χ0v) is 11.0. The maximum atomic E-state index is 9.07. The van der Waals surface area contributed by atoms with E-state index < -0.39 is 0 Å². The molecule has 0 aliphatic rings. The Bertz CT molecular complexity index is 511. The Morgan fingerprint density at radius 2 is 1.71 bits per heavy atom. The average molecular weight is 293 g/mol. The SMILES string of the molecule is Cc1ccc(Nc2ccc(Br)cc2)c(NO)c1. The van der Waals surface area contributed by atoms with Crippen molar-refractivity contribution in [3.8, 4) is 0 Å². The molecule has 0 amide bonds. The summed E-state index contributed by atoms with van der Waals surface area (Å²) in [5.41, 5.74) is 5.74. The van der Waals surface area contributed by atoms with Crippen molar-refractivity contribution in [3.63, 3.8) is 0 Å². The van der Waals surface area contributed by atoms with Crippen LogP contribution in [0.5, 0.6) is 0 Å². The first-order chi connectivity index (χ1) is 8.19. The molecule has 3 nitrogen and oxygen atoms in total. The van der Waals surface area contributed by atoms with Crippen molar-refractivity contribution in [1.82, 2.24) is 0 Å². The molecule has 88 valence electrons. The Morgan fingerprint density at radius 1 is 1.00 bits per heavy atom. The minimum atomic E-state index is 0.660. The Balaban J connectivity index is 2.26. The number of anilines is 3. The number of aryl methyl sites for hydroxylation is 1. The lowest BCUT2D eigenvalue weighted by molar-refractivity contribution is 0.389. The first kappa shape index (κ1) is 12.0. The monoisotopic (exact) mass is 292 g/mol. The Morgan fingerprint density at radius 3 is 2.35 bits per heavy atom. The smallest absolute Gasteiger partial charge is 0.0839 e. The summed E-state index contributed by atoms with van der Waals surface area (Å²) >= 11 is 3.39. The number of nitrogens with one attached hydrogen (secondary N) is 2. The predicted molar refractivity (Wildman–Crippen MR) is 74.0 cm³/mol. The number of rotatable bonds is 3. The van der Waals surface area contributed by atoms with Gasteiger partial charge in [0.15, 0.2) is 0 Å². The van der Waals surface area contributed by atoms with Crippen LogP contribution < -0.4 is 10.8 Å². The Hall–Kier alpha value is -1.52. The van der Waals surface area contributed by atoms with E-state index in [4.69, 9.17) is 5.21 Å². The highest BCUT2D eigenvalue weighted by molar-refractivity contribution is 9.10. The molecular formula is C13H13BrN2O. The maximum absolute atomic E-state index is 9.07. The van der Waals surface area contributed by atoms with Crippen molar-refractivity contribution >= 4 is 33.0 Å². The molecular weight excluding hydrogens is 280 g/mol. The van der Waals surface area contributed by atoms with Crippen molar-refractivity contribution in [3.05, 3.63) is 52.5 Å². The topological polar surface area (TPSA) is 44.3 Å². The summed E-state index contributed by atoms with van der Waals surface area (Å²) in [6.07, 6.45) is 0. The molecule has 2 rings (SSSR count). The van der Waals surface area contributed by atoms with Gasteiger partial charge in [0.05, 0.1) is 11.4 Å². The highest BCUT2D eigenvalue weighted by Crippen LogP contribution is 2.26. The van der Waals surface area contributed by atoms with E-state index in [0.717, 1.165) is 21.4 Å². The number of halogens is 1. The Kier molecular flexibility index (Phi) is 3.66. The molecule has 0 aliphatic carbocycles. The third-order valence-electron chi connectivity index (χ3n) is 2.42. The largest absolute Gasteiger partial charge is 0.354 e. The highest BCUT2D eigenvalue weighted by atomic mass is 79.9. The van der Waals surface area contributed by atoms with Crippen LogP contribution in [-0.2, 0) is 0 Å². The molecule has 4 heteroatoms. The van der Waals surface area contributed by atoms with Gasteiger partial charge in [-0.05, 0) is 48.9 Å². The van der Waals surface area contributed by atoms with E-state index in [1.165, 1.54) is 0 Å². The summed E-state index contributed by atoms with van der Waals surface area (Å²) < 4.78 is 1.03. The number of hydrogen-bond acceptors (Lipinski definition) is 3. The average Bonchev–Trinajstić information content (AvgIpc) is 2.34. The van der Waals surface area contributed by atoms with E-state index in [1.807, 2.05) is 49.4 Å². The summed E-state index contributed by atoms with van der Waals surface area (Å²) in [6.45, 7) is 1.98. The summed E-state index contributed by atoms with van der Waals surface area (Å²) in [7, 11) is 0. The van der Waals surface area contributed by atoms with Crippen LogP contribution in [0.4, 0.5) is 17.1 Å². The van der Waals surface area contributed by atoms with Crippen LogP contribution in [0.15, 0.2) is 46.9 Å². The molecule has 0 unspecified atom stereocenters. The standard InChI is InChI=1S/C13H13BrN2O/c1-9-2-7-12(13(8-9)16-17)15-11-5-3-10(14)4-6-11/h2-8,15-17H,1H3. The lowest BCUT2D eigenvalue weighted by Gasteiger charge is -2.11. The molecule has 2 aromatic carbocycles. The summed E-state index contributed by atoms with van der Waals surface area (Å²) in [5.74, 6) is 0. The maximum Gasteiger partial charge on any atom is 0.0839 e. The Labute approximate surface area is 109 Å². The first-order valence-electron chi connectivity index (χ1n) is 5.22. The third-order valence-corrected chi connectivity index (χ3v) is 2.95. The number of benzene rings is 2. The lowest BCUT2D eigenvalue weighted by atomic mass is 10.2. The molecule has 17 heavy (non-hydrogen) atoms. The van der Waals surface area contributed by atoms with Gasteiger partial charge in [0.2, 0.25) is 0 Å². The molecule has 0 saturated heterocycles. The minimum absolute atomic E-state index is 0.660. The van der Waals surface area contributed by atoms with E-state index in [-0.39, 0.29) is 0 Å². The highest BCUT2D eigenvalue weighted by Gasteiger charge is 2.02. The van der Waals surface area contributed by atoms with Gasteiger partial charge in [-0.3, -0.25) is 10.7 Å². The predicted octanol–water partition coefficient (Wildman–Crippen LogP) is 4.30. The van der Waals surface area contributed by atoms with Gasteiger partial charge in [0.1, 0.15) is 0 Å². The van der Waals surface area contributed by atoms with Gasteiger partial charge >= 0.3 is 0 Å². The first-order valence-corrected chi connectivity index (χ1v) is 6.01. The summed E-state index contributed by atoms with van der Waals surface area (Å²) in [4.78, 5) is 0. The van der Waals surface area contributed by atoms with Crippen molar-refractivity contribution in [1.29, 1.82) is 0 Å². The molecule has 0 bridgehead atoms. The van der Waals surface area contributed by atoms with Gasteiger partial charge < -0.3 is 5.32 Å². The van der Waals surface area contributed by atoms with Crippen LogP contribution in [0, 0.1) is 6.92 Å². The van der Waals surface area contributed by atoms with Crippen molar-refractivity contribution in [2.45, 2.75) is 6.92 Å². The second kappa shape index (κ2) is 5.21. The van der Waals surface area contributed by atoms with Crippen molar-refractivity contribution in [2.24, 2.45) is 0 Å². The molecule has 2 aromatic rings. The summed E-state index contributed by atoms with van der Waals surface area (Å²) in [5, 5.41) is 12.3. The zero-order valence-electron chi connectivity index (χ0n) is 9.37. The van der Waals surface area contributed by atoms with E-state index in [2.05, 4.69) is 26.7 Å². The molecule has 0 spiro atoms. The minimum Gasteiger partial charge on any atom is -0.354 e. The molecule has 3 N–H and O–H groups in total. The van der Waals surface area contributed by atoms with E-state index >= 15 is 0 Å². The molecule has 0 radical (unpaired) electrons. The fourth-order valence-electron chi connectivity index (χ4n) is 1.55. The van der Waals surface area contributed by atoms with Gasteiger partial charge in [0, 0.05) is 10.2 Å². The molecule has 0 aliphatic heterocycles. The third kappa shape index (κ3) is 2.99. The lowest BCUT2D eigenvalue weighted by Crippen LogP contribution is -1.97. The van der Waals surface area contributed by atoms with Crippen LogP contribution in [0.2, 0.25) is 0 Å². The molecule has 0 heterocycles. The van der Waals surface area contributed by atoms with Crippen LogP contribution >= 0.6 is 15.9 Å². The van der Waals surface area contributed by atoms with E-state index in [0.29, 0.717) is 5.69 Å². The van der Waals surface area contributed by atoms with E-state index in [9.17, 15) is 0 Å². The van der Waals surface area contributed by atoms with Gasteiger partial charge in [-0.2, -0.15) is 0 Å². The van der Waals surface area contributed by atoms with Crippen LogP contribution in [0.3, 0.4) is 0 Å². The van der Waals surface area contributed by atoms with Gasteiger partial charge in [-0.25, -0.2) is 0 Å². The molecule has 0 aromatic heterocycles. The van der Waals surface area contributed by atoms with E-state index in [1.54, 1.807) is 0 Å². The van der Waals surface area contributed by atoms with Gasteiger partial charge in [-0.1, -0.05) is 22.0 Å². The molecule has 0 saturated carbocycles. The number of hydrogen-bond donors (Lipinski definition) is 3. The molecule has 0 atom stereocenters. The second-order valence-electron chi connectivity index (χ2n) is 3.79. The van der Waals surface area contributed by atoms with Crippen LogP contribution in [0.25, 0.3) is 0 Å². The van der Waals surface area contributed by atoms with Gasteiger partial charge in [0.25, 0.3) is 0 Å². The quantitative estimate of drug-likeness (QED) is 0.739. The summed E-state index contributed by atoms with van der Waals surface area (Å²) in [6, 6.07) is 13.6. The fraction of sp³-hybridized carbons (Fsp3) is 0.0769. The van der Waals surface area contributed by atoms with Crippen LogP contribution in [-0.4, -0.2) is 5.21 Å².